The summed E-state index contributed by atoms with van der Waals surface area (Å²) in [7, 11) is 2.22. The molecule has 1 unspecified atom stereocenters. The summed E-state index contributed by atoms with van der Waals surface area (Å²) >= 11 is 0. The fourth-order valence-electron chi connectivity index (χ4n) is 4.55. The van der Waals surface area contributed by atoms with Crippen LogP contribution in [0.25, 0.3) is 6.20 Å². The first-order chi connectivity index (χ1) is 14.8. The molecule has 3 aromatic rings. The molecule has 1 atom stereocenters. The third-order valence-electron chi connectivity index (χ3n) is 6.30. The van der Waals surface area contributed by atoms with Crippen LogP contribution in [0.5, 0.6) is 0 Å². The van der Waals surface area contributed by atoms with Gasteiger partial charge in [0.1, 0.15) is 0 Å². The van der Waals surface area contributed by atoms with Crippen LogP contribution >= 0.6 is 0 Å². The number of fused-ring (bicyclic) bond motifs is 1. The summed E-state index contributed by atoms with van der Waals surface area (Å²) in [6.07, 6.45) is 4.54. The van der Waals surface area contributed by atoms with Crippen LogP contribution in [0.2, 0.25) is 0 Å². The normalized spacial score (nSPS) is 19.5. The summed E-state index contributed by atoms with van der Waals surface area (Å²) in [5, 5.41) is 7.09. The van der Waals surface area contributed by atoms with Crippen molar-refractivity contribution in [2.24, 2.45) is 4.99 Å². The zero-order chi connectivity index (χ0) is 20.3. The summed E-state index contributed by atoms with van der Waals surface area (Å²) in [5.74, 6) is 0. The van der Waals surface area contributed by atoms with Crippen LogP contribution in [0, 0.1) is 0 Å². The van der Waals surface area contributed by atoms with E-state index in [1.165, 1.54) is 16.5 Å². The maximum atomic E-state index is 5.12. The van der Waals surface area contributed by atoms with Gasteiger partial charge in [0, 0.05) is 43.3 Å². The highest BCUT2D eigenvalue weighted by molar-refractivity contribution is 5.46. The van der Waals surface area contributed by atoms with Gasteiger partial charge < -0.3 is 4.90 Å². The van der Waals surface area contributed by atoms with Gasteiger partial charge >= 0.3 is 0 Å². The Bertz CT molecular complexity index is 1090. The summed E-state index contributed by atoms with van der Waals surface area (Å²) < 4.78 is 0. The van der Waals surface area contributed by atoms with E-state index in [-0.39, 0.29) is 6.17 Å². The molecule has 4 heteroatoms. The maximum Gasteiger partial charge on any atom is 0.161 e. The molecule has 152 valence electrons. The quantitative estimate of drug-likeness (QED) is 0.673. The number of anilines is 1. The minimum absolute atomic E-state index is 0.00972. The van der Waals surface area contributed by atoms with E-state index >= 15 is 0 Å². The second kappa shape index (κ2) is 8.33. The first-order valence-electron chi connectivity index (χ1n) is 10.8. The van der Waals surface area contributed by atoms with E-state index in [4.69, 9.17) is 4.99 Å². The number of hydrazine groups is 1. The number of rotatable bonds is 4. The van der Waals surface area contributed by atoms with Crippen molar-refractivity contribution in [3.63, 3.8) is 0 Å². The number of piperidine rings is 1. The smallest absolute Gasteiger partial charge is 0.161 e. The van der Waals surface area contributed by atoms with Crippen molar-refractivity contribution in [1.29, 1.82) is 0 Å². The van der Waals surface area contributed by atoms with Gasteiger partial charge in [-0.1, -0.05) is 66.7 Å². The lowest BCUT2D eigenvalue weighted by molar-refractivity contribution is -0.0189. The number of benzene rings is 3. The molecule has 5 rings (SSSR count). The average Bonchev–Trinajstić information content (AvgIpc) is 2.84. The summed E-state index contributed by atoms with van der Waals surface area (Å²) in [6.45, 7) is 2.05. The molecule has 0 spiro atoms. The van der Waals surface area contributed by atoms with Gasteiger partial charge in [0.2, 0.25) is 0 Å². The molecule has 0 amide bonds. The molecule has 3 aromatic carbocycles. The van der Waals surface area contributed by atoms with Crippen molar-refractivity contribution in [3.8, 4) is 0 Å². The van der Waals surface area contributed by atoms with Crippen molar-refractivity contribution >= 4 is 11.9 Å². The van der Waals surface area contributed by atoms with E-state index in [2.05, 4.69) is 113 Å². The van der Waals surface area contributed by atoms with Crippen LogP contribution in [0.15, 0.2) is 89.9 Å². The molecular weight excluding hydrogens is 368 g/mol. The van der Waals surface area contributed by atoms with Crippen molar-refractivity contribution in [3.05, 3.63) is 101 Å². The first-order valence-corrected chi connectivity index (χ1v) is 10.8. The fourth-order valence-corrected chi connectivity index (χ4v) is 4.55. The Labute approximate surface area is 178 Å². The van der Waals surface area contributed by atoms with E-state index in [1.807, 2.05) is 0 Å². The van der Waals surface area contributed by atoms with Gasteiger partial charge in [-0.05, 0) is 36.6 Å². The van der Waals surface area contributed by atoms with E-state index in [0.29, 0.717) is 6.04 Å². The predicted octanol–water partition coefficient (Wildman–Crippen LogP) is 3.57. The van der Waals surface area contributed by atoms with Crippen LogP contribution < -0.4 is 15.5 Å². The average molecular weight is 397 g/mol. The lowest BCUT2D eigenvalue weighted by Gasteiger charge is -2.44. The number of nitrogens with zero attached hydrogens (tertiary/aromatic N) is 4. The lowest BCUT2D eigenvalue weighted by Crippen LogP contribution is -2.52. The summed E-state index contributed by atoms with van der Waals surface area (Å²) in [4.78, 5) is 7.55. The largest absolute Gasteiger partial charge is 0.372 e. The second-order valence-corrected chi connectivity index (χ2v) is 8.11. The Morgan fingerprint density at radius 3 is 2.17 bits per heavy atom. The van der Waals surface area contributed by atoms with Gasteiger partial charge in [0.25, 0.3) is 0 Å². The minimum Gasteiger partial charge on any atom is -0.372 e. The zero-order valence-corrected chi connectivity index (χ0v) is 17.4. The van der Waals surface area contributed by atoms with Crippen LogP contribution in [-0.4, -0.2) is 36.2 Å². The zero-order valence-electron chi connectivity index (χ0n) is 17.4. The standard InChI is InChI=1S/C26H28N4/c1-28(23-13-6-3-7-14-23)24-16-18-29(19-17-24)30-20-22-12-8-9-15-25(22)27-26(30)21-10-4-2-5-11-21/h2-15,20,24,26H,16-19H2,1H3. The summed E-state index contributed by atoms with van der Waals surface area (Å²) in [5.41, 5.74) is 2.53. The van der Waals surface area contributed by atoms with E-state index in [0.717, 1.165) is 31.3 Å². The monoisotopic (exact) mass is 396 g/mol. The number of para-hydroxylation sites is 2. The molecule has 1 saturated heterocycles. The first kappa shape index (κ1) is 18.9. The molecule has 1 fully saturated rings. The molecule has 2 aliphatic heterocycles. The van der Waals surface area contributed by atoms with E-state index in [1.54, 1.807) is 0 Å². The van der Waals surface area contributed by atoms with Gasteiger partial charge in [-0.3, -0.25) is 10.0 Å². The molecule has 0 N–H and O–H groups in total. The summed E-state index contributed by atoms with van der Waals surface area (Å²) in [6, 6.07) is 30.3. The maximum absolute atomic E-state index is 5.12. The van der Waals surface area contributed by atoms with Gasteiger partial charge in [0.05, 0.1) is 5.36 Å². The van der Waals surface area contributed by atoms with Crippen molar-refractivity contribution in [1.82, 2.24) is 10.0 Å². The highest BCUT2D eigenvalue weighted by Gasteiger charge is 2.30. The minimum atomic E-state index is -0.00972. The molecule has 0 aliphatic carbocycles. The van der Waals surface area contributed by atoms with Crippen LogP contribution in [0.1, 0.15) is 24.6 Å². The second-order valence-electron chi connectivity index (χ2n) is 8.11. The third-order valence-corrected chi connectivity index (χ3v) is 6.30. The highest BCUT2D eigenvalue weighted by atomic mass is 15.7. The van der Waals surface area contributed by atoms with Crippen molar-refractivity contribution < 1.29 is 0 Å². The van der Waals surface area contributed by atoms with Crippen molar-refractivity contribution in [2.45, 2.75) is 25.0 Å². The number of hydrogen-bond donors (Lipinski definition) is 0. The fraction of sp³-hybridized carbons (Fsp3) is 0.269. The van der Waals surface area contributed by atoms with E-state index in [9.17, 15) is 0 Å². The van der Waals surface area contributed by atoms with Crippen LogP contribution in [-0.2, 0) is 0 Å². The SMILES string of the molecule is CN(c1ccccc1)C1CCN(N2C=c3ccccc3=NC2c2ccccc2)CC1. The highest BCUT2D eigenvalue weighted by Crippen LogP contribution is 2.29. The molecule has 2 heterocycles. The number of hydrogen-bond acceptors (Lipinski definition) is 4. The van der Waals surface area contributed by atoms with E-state index < -0.39 is 0 Å². The van der Waals surface area contributed by atoms with Crippen molar-refractivity contribution in [2.75, 3.05) is 25.0 Å². The Morgan fingerprint density at radius 1 is 0.800 bits per heavy atom. The van der Waals surface area contributed by atoms with Gasteiger partial charge in [0.15, 0.2) is 6.17 Å². The predicted molar refractivity (Wildman–Crippen MR) is 122 cm³/mol. The molecule has 2 aliphatic rings. The Balaban J connectivity index is 1.38. The lowest BCUT2D eigenvalue weighted by atomic mass is 10.0. The molecule has 0 aromatic heterocycles. The van der Waals surface area contributed by atoms with Gasteiger partial charge in [-0.25, -0.2) is 5.01 Å². The molecule has 0 radical (unpaired) electrons. The molecule has 0 saturated carbocycles. The molecule has 30 heavy (non-hydrogen) atoms. The molecule has 4 nitrogen and oxygen atoms in total. The Kier molecular flexibility index (Phi) is 5.24. The third kappa shape index (κ3) is 3.71. The Morgan fingerprint density at radius 2 is 1.43 bits per heavy atom. The topological polar surface area (TPSA) is 22.1 Å². The van der Waals surface area contributed by atoms with Gasteiger partial charge in [-0.2, -0.15) is 0 Å². The molecule has 0 bridgehead atoms. The Hall–Kier alpha value is -3.11. The van der Waals surface area contributed by atoms with Crippen LogP contribution in [0.4, 0.5) is 5.69 Å². The van der Waals surface area contributed by atoms with Crippen LogP contribution in [0.3, 0.4) is 0 Å². The van der Waals surface area contributed by atoms with Gasteiger partial charge in [-0.15, -0.1) is 0 Å². The molecular formula is C26H28N4.